The Morgan fingerprint density at radius 2 is 1.95 bits per heavy atom. The molecule has 0 fully saturated rings. The molecule has 0 amide bonds. The molecule has 1 heterocycles. The first-order chi connectivity index (χ1) is 9.02. The standard InChI is InChI=1S/C14H13BrN2OS/c1-7-8(2)14(18-4)11(9(3)12(7)15)13-10(5-16)19-6-17-13/h6H,1-4H3. The Balaban J connectivity index is 2.88. The highest BCUT2D eigenvalue weighted by Gasteiger charge is 2.21. The summed E-state index contributed by atoms with van der Waals surface area (Å²) in [5.41, 5.74) is 6.54. The van der Waals surface area contributed by atoms with Crippen molar-refractivity contribution in [1.82, 2.24) is 4.98 Å². The maximum absolute atomic E-state index is 9.18. The van der Waals surface area contributed by atoms with Gasteiger partial charge in [0.25, 0.3) is 0 Å². The third-order valence-electron chi connectivity index (χ3n) is 3.27. The summed E-state index contributed by atoms with van der Waals surface area (Å²) >= 11 is 4.96. The van der Waals surface area contributed by atoms with Gasteiger partial charge in [-0.3, -0.25) is 0 Å². The van der Waals surface area contributed by atoms with Crippen LogP contribution in [0, 0.1) is 32.1 Å². The van der Waals surface area contributed by atoms with E-state index in [0.717, 1.165) is 32.5 Å². The quantitative estimate of drug-likeness (QED) is 0.817. The van der Waals surface area contributed by atoms with Gasteiger partial charge in [0, 0.05) is 10.0 Å². The maximum Gasteiger partial charge on any atom is 0.132 e. The van der Waals surface area contributed by atoms with Crippen molar-refractivity contribution in [3.8, 4) is 23.1 Å². The van der Waals surface area contributed by atoms with Crippen molar-refractivity contribution in [2.45, 2.75) is 20.8 Å². The Morgan fingerprint density at radius 1 is 1.26 bits per heavy atom. The lowest BCUT2D eigenvalue weighted by Crippen LogP contribution is -1.99. The van der Waals surface area contributed by atoms with Gasteiger partial charge >= 0.3 is 0 Å². The van der Waals surface area contributed by atoms with Crippen LogP contribution >= 0.6 is 27.3 Å². The van der Waals surface area contributed by atoms with E-state index >= 15 is 0 Å². The lowest BCUT2D eigenvalue weighted by molar-refractivity contribution is 0.412. The van der Waals surface area contributed by atoms with Crippen molar-refractivity contribution < 1.29 is 4.74 Å². The predicted octanol–water partition coefficient (Wildman–Crippen LogP) is 4.38. The fourth-order valence-corrected chi connectivity index (χ4v) is 3.21. The second-order valence-corrected chi connectivity index (χ2v) is 5.89. The van der Waals surface area contributed by atoms with E-state index in [1.165, 1.54) is 11.3 Å². The summed E-state index contributed by atoms with van der Waals surface area (Å²) < 4.78 is 6.59. The number of nitrogens with zero attached hydrogens (tertiary/aromatic N) is 2. The Kier molecular flexibility index (Phi) is 3.93. The van der Waals surface area contributed by atoms with Gasteiger partial charge in [-0.2, -0.15) is 5.26 Å². The van der Waals surface area contributed by atoms with E-state index in [4.69, 9.17) is 4.74 Å². The molecule has 0 unspecified atom stereocenters. The summed E-state index contributed by atoms with van der Waals surface area (Å²) in [5.74, 6) is 0.792. The molecule has 0 radical (unpaired) electrons. The first-order valence-electron chi connectivity index (χ1n) is 5.70. The van der Waals surface area contributed by atoms with Gasteiger partial charge in [0.05, 0.1) is 12.6 Å². The van der Waals surface area contributed by atoms with E-state index in [1.807, 2.05) is 20.8 Å². The van der Waals surface area contributed by atoms with Gasteiger partial charge in [-0.15, -0.1) is 11.3 Å². The zero-order valence-electron chi connectivity index (χ0n) is 11.2. The highest BCUT2D eigenvalue weighted by molar-refractivity contribution is 9.10. The number of nitriles is 1. The van der Waals surface area contributed by atoms with Crippen molar-refractivity contribution in [2.24, 2.45) is 0 Å². The molecule has 0 aliphatic heterocycles. The summed E-state index contributed by atoms with van der Waals surface area (Å²) in [6.07, 6.45) is 0. The van der Waals surface area contributed by atoms with E-state index in [-0.39, 0.29) is 0 Å². The minimum absolute atomic E-state index is 0.608. The Hall–Kier alpha value is -1.38. The monoisotopic (exact) mass is 336 g/mol. The van der Waals surface area contributed by atoms with Crippen LogP contribution < -0.4 is 4.74 Å². The zero-order chi connectivity index (χ0) is 14.2. The number of halogens is 1. The molecule has 0 aliphatic rings. The van der Waals surface area contributed by atoms with E-state index in [0.29, 0.717) is 10.6 Å². The lowest BCUT2D eigenvalue weighted by atomic mass is 9.96. The lowest BCUT2D eigenvalue weighted by Gasteiger charge is -2.17. The normalized spacial score (nSPS) is 10.3. The Morgan fingerprint density at radius 3 is 2.53 bits per heavy atom. The second kappa shape index (κ2) is 5.32. The summed E-state index contributed by atoms with van der Waals surface area (Å²) in [4.78, 5) is 4.94. The number of ether oxygens (including phenoxy) is 1. The van der Waals surface area contributed by atoms with E-state index in [2.05, 4.69) is 27.0 Å². The molecule has 1 aromatic heterocycles. The van der Waals surface area contributed by atoms with Gasteiger partial charge in [-0.1, -0.05) is 15.9 Å². The summed E-state index contributed by atoms with van der Waals surface area (Å²) in [5, 5.41) is 9.18. The number of aromatic nitrogens is 1. The molecular formula is C14H13BrN2OS. The largest absolute Gasteiger partial charge is 0.496 e. The van der Waals surface area contributed by atoms with Crippen LogP contribution in [0.2, 0.25) is 0 Å². The van der Waals surface area contributed by atoms with Gasteiger partial charge in [-0.25, -0.2) is 4.98 Å². The molecule has 0 spiro atoms. The average molecular weight is 337 g/mol. The maximum atomic E-state index is 9.18. The van der Waals surface area contributed by atoms with Crippen LogP contribution in [-0.4, -0.2) is 12.1 Å². The summed E-state index contributed by atoms with van der Waals surface area (Å²) in [6, 6.07) is 2.19. The second-order valence-electron chi connectivity index (χ2n) is 4.24. The highest BCUT2D eigenvalue weighted by Crippen LogP contribution is 2.43. The smallest absolute Gasteiger partial charge is 0.132 e. The zero-order valence-corrected chi connectivity index (χ0v) is 13.6. The van der Waals surface area contributed by atoms with Crippen LogP contribution in [0.5, 0.6) is 5.75 Å². The van der Waals surface area contributed by atoms with Gasteiger partial charge in [0.15, 0.2) is 0 Å². The summed E-state index contributed by atoms with van der Waals surface area (Å²) in [6.45, 7) is 6.07. The molecule has 1 aromatic carbocycles. The Labute approximate surface area is 125 Å². The van der Waals surface area contributed by atoms with E-state index < -0.39 is 0 Å². The van der Waals surface area contributed by atoms with Gasteiger partial charge in [0.2, 0.25) is 0 Å². The van der Waals surface area contributed by atoms with Crippen molar-refractivity contribution in [2.75, 3.05) is 7.11 Å². The van der Waals surface area contributed by atoms with E-state index in [9.17, 15) is 5.26 Å². The molecule has 0 atom stereocenters. The van der Waals surface area contributed by atoms with Crippen molar-refractivity contribution >= 4 is 27.3 Å². The summed E-state index contributed by atoms with van der Waals surface area (Å²) in [7, 11) is 1.65. The van der Waals surface area contributed by atoms with E-state index in [1.54, 1.807) is 12.6 Å². The molecule has 2 aromatic rings. The fraction of sp³-hybridized carbons (Fsp3) is 0.286. The molecule has 2 rings (SSSR count). The number of benzene rings is 1. The van der Waals surface area contributed by atoms with Crippen molar-refractivity contribution in [3.05, 3.63) is 31.6 Å². The minimum atomic E-state index is 0.608. The number of thiazole rings is 1. The Bertz CT molecular complexity index is 686. The molecule has 98 valence electrons. The predicted molar refractivity (Wildman–Crippen MR) is 80.7 cm³/mol. The van der Waals surface area contributed by atoms with Crippen LogP contribution in [0.25, 0.3) is 11.3 Å². The van der Waals surface area contributed by atoms with Crippen LogP contribution in [0.4, 0.5) is 0 Å². The average Bonchev–Trinajstić information content (AvgIpc) is 2.88. The van der Waals surface area contributed by atoms with Crippen molar-refractivity contribution in [1.29, 1.82) is 5.26 Å². The van der Waals surface area contributed by atoms with Gasteiger partial charge in [-0.05, 0) is 37.5 Å². The topological polar surface area (TPSA) is 45.9 Å². The van der Waals surface area contributed by atoms with Crippen molar-refractivity contribution in [3.63, 3.8) is 0 Å². The number of rotatable bonds is 2. The molecule has 0 bridgehead atoms. The molecule has 0 aliphatic carbocycles. The first kappa shape index (κ1) is 14.0. The fourth-order valence-electron chi connectivity index (χ4n) is 2.13. The molecule has 0 saturated carbocycles. The molecule has 5 heteroatoms. The molecule has 0 saturated heterocycles. The SMILES string of the molecule is COc1c(C)c(C)c(Br)c(C)c1-c1ncsc1C#N. The third-order valence-corrected chi connectivity index (χ3v) is 5.19. The first-order valence-corrected chi connectivity index (χ1v) is 7.37. The van der Waals surface area contributed by atoms with Crippen LogP contribution in [0.3, 0.4) is 0 Å². The molecular weight excluding hydrogens is 324 g/mol. The molecule has 3 nitrogen and oxygen atoms in total. The van der Waals surface area contributed by atoms with Crippen LogP contribution in [0.15, 0.2) is 9.98 Å². The minimum Gasteiger partial charge on any atom is -0.496 e. The molecule has 19 heavy (non-hydrogen) atoms. The molecule has 0 N–H and O–H groups in total. The van der Waals surface area contributed by atoms with Gasteiger partial charge in [0.1, 0.15) is 22.4 Å². The highest BCUT2D eigenvalue weighted by atomic mass is 79.9. The number of hydrogen-bond donors (Lipinski definition) is 0. The van der Waals surface area contributed by atoms with Crippen LogP contribution in [-0.2, 0) is 0 Å². The van der Waals surface area contributed by atoms with Gasteiger partial charge < -0.3 is 4.74 Å². The third kappa shape index (κ3) is 2.15. The van der Waals surface area contributed by atoms with Crippen LogP contribution in [0.1, 0.15) is 21.6 Å². The number of hydrogen-bond acceptors (Lipinski definition) is 4. The number of methoxy groups -OCH3 is 1.